The van der Waals surface area contributed by atoms with Gasteiger partial charge in [0.25, 0.3) is 0 Å². The Kier molecular flexibility index (Phi) is 3.75. The second-order valence-corrected chi connectivity index (χ2v) is 4.82. The molecule has 1 aromatic rings. The molecule has 1 unspecified atom stereocenters. The summed E-state index contributed by atoms with van der Waals surface area (Å²) in [6.45, 7) is 0.596. The molecule has 1 aliphatic heterocycles. The average molecular weight is 285 g/mol. The third kappa shape index (κ3) is 2.86. The molecule has 0 aromatic heterocycles. The minimum Gasteiger partial charge on any atom is -0.478 e. The van der Waals surface area contributed by atoms with Crippen molar-refractivity contribution < 1.29 is 19.4 Å². The summed E-state index contributed by atoms with van der Waals surface area (Å²) < 4.78 is 5.10. The van der Waals surface area contributed by atoms with Gasteiger partial charge in [-0.3, -0.25) is 4.79 Å². The maximum atomic E-state index is 12.0. The monoisotopic (exact) mass is 284 g/mol. The molecule has 0 spiro atoms. The van der Waals surface area contributed by atoms with Crippen LogP contribution in [0.15, 0.2) is 18.2 Å². The maximum Gasteiger partial charge on any atom is 0.335 e. The Morgan fingerprint density at radius 3 is 2.74 bits per heavy atom. The Morgan fingerprint density at radius 2 is 2.21 bits per heavy atom. The Hall–Kier alpha value is -1.63. The van der Waals surface area contributed by atoms with Crippen LogP contribution < -0.4 is 11.1 Å². The van der Waals surface area contributed by atoms with E-state index in [1.165, 1.54) is 18.2 Å². The van der Waals surface area contributed by atoms with Crippen LogP contribution in [0.25, 0.3) is 0 Å². The summed E-state index contributed by atoms with van der Waals surface area (Å²) in [7, 11) is 0. The number of amides is 1. The molecule has 7 heteroatoms. The van der Waals surface area contributed by atoms with Gasteiger partial charge in [-0.2, -0.15) is 0 Å². The molecule has 1 atom stereocenters. The first-order valence-corrected chi connectivity index (χ1v) is 6.01. The van der Waals surface area contributed by atoms with E-state index >= 15 is 0 Å². The SMILES string of the molecule is NC1(C(=O)Nc2ccc(C(=O)O)cc2Cl)CCOC1. The molecule has 0 saturated carbocycles. The number of nitrogens with two attached hydrogens (primary N) is 1. The number of halogens is 1. The lowest BCUT2D eigenvalue weighted by Crippen LogP contribution is -2.51. The first kappa shape index (κ1) is 13.8. The molecule has 2 rings (SSSR count). The molecule has 1 amide bonds. The van der Waals surface area contributed by atoms with E-state index in [1.54, 1.807) is 0 Å². The Balaban J connectivity index is 2.15. The predicted molar refractivity (Wildman–Crippen MR) is 69.4 cm³/mol. The van der Waals surface area contributed by atoms with Crippen LogP contribution in [0.2, 0.25) is 5.02 Å². The van der Waals surface area contributed by atoms with E-state index in [2.05, 4.69) is 5.32 Å². The summed E-state index contributed by atoms with van der Waals surface area (Å²) >= 11 is 5.92. The van der Waals surface area contributed by atoms with Crippen molar-refractivity contribution >= 4 is 29.2 Å². The fraction of sp³-hybridized carbons (Fsp3) is 0.333. The van der Waals surface area contributed by atoms with Gasteiger partial charge in [-0.05, 0) is 24.6 Å². The third-order valence-corrected chi connectivity index (χ3v) is 3.28. The molecule has 102 valence electrons. The zero-order chi connectivity index (χ0) is 14.0. The van der Waals surface area contributed by atoms with Gasteiger partial charge < -0.3 is 20.9 Å². The zero-order valence-corrected chi connectivity index (χ0v) is 10.7. The fourth-order valence-electron chi connectivity index (χ4n) is 1.76. The van der Waals surface area contributed by atoms with Crippen molar-refractivity contribution in [1.29, 1.82) is 0 Å². The summed E-state index contributed by atoms with van der Waals surface area (Å²) in [6, 6.07) is 4.06. The zero-order valence-electron chi connectivity index (χ0n) is 9.98. The Bertz CT molecular complexity index is 526. The van der Waals surface area contributed by atoms with Crippen LogP contribution >= 0.6 is 11.6 Å². The first-order chi connectivity index (χ1) is 8.92. The number of carboxylic acid groups (broad SMARTS) is 1. The lowest BCUT2D eigenvalue weighted by atomic mass is 9.99. The molecule has 19 heavy (non-hydrogen) atoms. The molecular weight excluding hydrogens is 272 g/mol. The Morgan fingerprint density at radius 1 is 1.47 bits per heavy atom. The minimum absolute atomic E-state index is 0.0506. The number of rotatable bonds is 3. The van der Waals surface area contributed by atoms with Gasteiger partial charge in [0.2, 0.25) is 5.91 Å². The summed E-state index contributed by atoms with van der Waals surface area (Å²) in [5.74, 6) is -1.48. The van der Waals surface area contributed by atoms with E-state index in [-0.39, 0.29) is 17.2 Å². The van der Waals surface area contributed by atoms with Crippen LogP contribution in [-0.2, 0) is 9.53 Å². The van der Waals surface area contributed by atoms with Crippen molar-refractivity contribution in [1.82, 2.24) is 0 Å². The van der Waals surface area contributed by atoms with Crippen molar-refractivity contribution in [3.63, 3.8) is 0 Å². The van der Waals surface area contributed by atoms with Gasteiger partial charge in [-0.15, -0.1) is 0 Å². The van der Waals surface area contributed by atoms with Crippen LogP contribution in [0.5, 0.6) is 0 Å². The predicted octanol–water partition coefficient (Wildman–Crippen LogP) is 1.09. The Labute approximate surface area is 114 Å². The van der Waals surface area contributed by atoms with Gasteiger partial charge in [0.15, 0.2) is 0 Å². The van der Waals surface area contributed by atoms with Crippen molar-refractivity contribution in [3.05, 3.63) is 28.8 Å². The summed E-state index contributed by atoms with van der Waals surface area (Å²) in [5.41, 5.74) is 5.22. The van der Waals surface area contributed by atoms with Crippen molar-refractivity contribution in [2.75, 3.05) is 18.5 Å². The molecule has 6 nitrogen and oxygen atoms in total. The molecule has 1 aromatic carbocycles. The molecule has 0 aliphatic carbocycles. The van der Waals surface area contributed by atoms with Crippen LogP contribution in [0.4, 0.5) is 5.69 Å². The molecule has 0 bridgehead atoms. The lowest BCUT2D eigenvalue weighted by Gasteiger charge is -2.21. The number of aromatic carboxylic acids is 1. The lowest BCUT2D eigenvalue weighted by molar-refractivity contribution is -0.121. The van der Waals surface area contributed by atoms with E-state index in [4.69, 9.17) is 27.2 Å². The smallest absolute Gasteiger partial charge is 0.335 e. The highest BCUT2D eigenvalue weighted by atomic mass is 35.5. The second kappa shape index (κ2) is 5.16. The summed E-state index contributed by atoms with van der Waals surface area (Å²) in [5, 5.41) is 11.6. The molecule has 4 N–H and O–H groups in total. The summed E-state index contributed by atoms with van der Waals surface area (Å²) in [4.78, 5) is 22.8. The average Bonchev–Trinajstić information content (AvgIpc) is 2.80. The number of hydrogen-bond donors (Lipinski definition) is 3. The van der Waals surface area contributed by atoms with Crippen molar-refractivity contribution in [2.45, 2.75) is 12.0 Å². The van der Waals surface area contributed by atoms with Crippen LogP contribution in [0.3, 0.4) is 0 Å². The number of ether oxygens (including phenoxy) is 1. The fourth-order valence-corrected chi connectivity index (χ4v) is 1.98. The highest BCUT2D eigenvalue weighted by Gasteiger charge is 2.38. The minimum atomic E-state index is -1.08. The number of carbonyl (C=O) groups is 2. The molecule has 0 radical (unpaired) electrons. The largest absolute Gasteiger partial charge is 0.478 e. The quantitative estimate of drug-likeness (QED) is 0.771. The topological polar surface area (TPSA) is 102 Å². The highest BCUT2D eigenvalue weighted by molar-refractivity contribution is 6.34. The number of hydrogen-bond acceptors (Lipinski definition) is 4. The second-order valence-electron chi connectivity index (χ2n) is 4.41. The van der Waals surface area contributed by atoms with Gasteiger partial charge in [0.05, 0.1) is 22.9 Å². The van der Waals surface area contributed by atoms with E-state index in [9.17, 15) is 9.59 Å². The van der Waals surface area contributed by atoms with E-state index in [0.29, 0.717) is 18.7 Å². The van der Waals surface area contributed by atoms with Crippen molar-refractivity contribution in [2.24, 2.45) is 5.73 Å². The molecule has 1 heterocycles. The highest BCUT2D eigenvalue weighted by Crippen LogP contribution is 2.25. The number of anilines is 1. The van der Waals surface area contributed by atoms with Gasteiger partial charge in [-0.1, -0.05) is 11.6 Å². The van der Waals surface area contributed by atoms with Crippen molar-refractivity contribution in [3.8, 4) is 0 Å². The number of benzene rings is 1. The van der Waals surface area contributed by atoms with Gasteiger partial charge in [-0.25, -0.2) is 4.79 Å². The maximum absolute atomic E-state index is 12.0. The van der Waals surface area contributed by atoms with Crippen LogP contribution in [0, 0.1) is 0 Å². The third-order valence-electron chi connectivity index (χ3n) is 2.97. The van der Waals surface area contributed by atoms with Gasteiger partial charge in [0.1, 0.15) is 5.54 Å². The first-order valence-electron chi connectivity index (χ1n) is 5.63. The molecule has 1 saturated heterocycles. The number of carboxylic acids is 1. The summed E-state index contributed by atoms with van der Waals surface area (Å²) in [6.07, 6.45) is 0.434. The molecule has 1 aliphatic rings. The van der Waals surface area contributed by atoms with E-state index < -0.39 is 17.4 Å². The number of nitrogens with one attached hydrogen (secondary N) is 1. The van der Waals surface area contributed by atoms with Gasteiger partial charge >= 0.3 is 5.97 Å². The van der Waals surface area contributed by atoms with Crippen LogP contribution in [-0.4, -0.2) is 35.7 Å². The van der Waals surface area contributed by atoms with E-state index in [0.717, 1.165) is 0 Å². The standard InChI is InChI=1S/C12H13ClN2O4/c13-8-5-7(10(16)17)1-2-9(8)15-11(18)12(14)3-4-19-6-12/h1-2,5H,3-4,6,14H2,(H,15,18)(H,16,17). The number of carbonyl (C=O) groups excluding carboxylic acids is 1. The van der Waals surface area contributed by atoms with Crippen LogP contribution in [0.1, 0.15) is 16.8 Å². The van der Waals surface area contributed by atoms with E-state index in [1.807, 2.05) is 0 Å². The molecular formula is C12H13ClN2O4. The van der Waals surface area contributed by atoms with Gasteiger partial charge in [0, 0.05) is 6.61 Å². The molecule has 1 fully saturated rings. The normalized spacial score (nSPS) is 22.2.